The molecule has 0 aliphatic rings. The van der Waals surface area contributed by atoms with Gasteiger partial charge in [-0.25, -0.2) is 18.1 Å². The number of hydrogen-bond acceptors (Lipinski definition) is 5. The molecule has 0 aliphatic heterocycles. The van der Waals surface area contributed by atoms with E-state index < -0.39 is 10.0 Å². The molecule has 0 saturated carbocycles. The molecule has 0 amide bonds. The summed E-state index contributed by atoms with van der Waals surface area (Å²) in [6.45, 7) is 1.67. The van der Waals surface area contributed by atoms with Gasteiger partial charge < -0.3 is 5.73 Å². The molecule has 1 aromatic carbocycles. The summed E-state index contributed by atoms with van der Waals surface area (Å²) in [6, 6.07) is 2.85. The molecule has 7 nitrogen and oxygen atoms in total. The molecule has 0 saturated heterocycles. The zero-order chi connectivity index (χ0) is 14.0. The van der Waals surface area contributed by atoms with Gasteiger partial charge in [0.2, 0.25) is 10.0 Å². The molecule has 0 bridgehead atoms. The van der Waals surface area contributed by atoms with Crippen molar-refractivity contribution in [3.8, 4) is 0 Å². The first-order valence-electron chi connectivity index (χ1n) is 5.29. The zero-order valence-corrected chi connectivity index (χ0v) is 11.6. The summed E-state index contributed by atoms with van der Waals surface area (Å²) in [5.41, 5.74) is 6.36. The Labute approximate surface area is 115 Å². The Morgan fingerprint density at radius 3 is 2.84 bits per heavy atom. The van der Waals surface area contributed by atoms with Gasteiger partial charge >= 0.3 is 0 Å². The Kier molecular flexibility index (Phi) is 3.74. The number of benzene rings is 1. The molecule has 19 heavy (non-hydrogen) atoms. The summed E-state index contributed by atoms with van der Waals surface area (Å²) in [7, 11) is -3.68. The number of aromatic amines is 1. The third-order valence-corrected chi connectivity index (χ3v) is 4.35. The molecule has 0 atom stereocenters. The molecule has 9 heteroatoms. The minimum absolute atomic E-state index is 0.0182. The normalized spacial score (nSPS) is 11.7. The largest absolute Gasteiger partial charge is 0.397 e. The molecule has 0 spiro atoms. The standard InChI is InChI=1S/C10H12ClN5O2S/c1-6-2-7(11)8(12)3-9(6)19(17,18)15-4-10-13-5-14-16-10/h2-3,5,15H,4,12H2,1H3,(H,13,14,16). The minimum Gasteiger partial charge on any atom is -0.397 e. The highest BCUT2D eigenvalue weighted by Gasteiger charge is 2.18. The molecular formula is C10H12ClN5O2S. The number of nitrogens with two attached hydrogens (primary N) is 1. The van der Waals surface area contributed by atoms with E-state index in [1.807, 2.05) is 0 Å². The molecule has 1 heterocycles. The van der Waals surface area contributed by atoms with Crippen molar-refractivity contribution in [1.82, 2.24) is 19.9 Å². The van der Waals surface area contributed by atoms with Gasteiger partial charge in [-0.3, -0.25) is 5.10 Å². The lowest BCUT2D eigenvalue weighted by Gasteiger charge is -2.10. The van der Waals surface area contributed by atoms with Crippen molar-refractivity contribution in [1.29, 1.82) is 0 Å². The fourth-order valence-electron chi connectivity index (χ4n) is 1.52. The van der Waals surface area contributed by atoms with E-state index in [4.69, 9.17) is 17.3 Å². The van der Waals surface area contributed by atoms with Gasteiger partial charge in [-0.1, -0.05) is 11.6 Å². The fraction of sp³-hybridized carbons (Fsp3) is 0.200. The SMILES string of the molecule is Cc1cc(Cl)c(N)cc1S(=O)(=O)NCc1ncn[nH]1. The fourth-order valence-corrected chi connectivity index (χ4v) is 2.98. The van der Waals surface area contributed by atoms with Crippen molar-refractivity contribution < 1.29 is 8.42 Å². The van der Waals surface area contributed by atoms with E-state index in [1.165, 1.54) is 18.5 Å². The molecule has 102 valence electrons. The second-order valence-corrected chi connectivity index (χ2v) is 6.04. The number of H-pyrrole nitrogens is 1. The van der Waals surface area contributed by atoms with E-state index in [9.17, 15) is 8.42 Å². The third kappa shape index (κ3) is 3.03. The van der Waals surface area contributed by atoms with Crippen LogP contribution < -0.4 is 10.5 Å². The van der Waals surface area contributed by atoms with E-state index in [0.29, 0.717) is 16.4 Å². The molecular weight excluding hydrogens is 290 g/mol. The quantitative estimate of drug-likeness (QED) is 0.724. The third-order valence-electron chi connectivity index (χ3n) is 2.48. The lowest BCUT2D eigenvalue weighted by Crippen LogP contribution is -2.24. The average molecular weight is 302 g/mol. The molecule has 0 fully saturated rings. The number of aryl methyl sites for hydroxylation is 1. The average Bonchev–Trinajstić information content (AvgIpc) is 2.84. The van der Waals surface area contributed by atoms with Crippen molar-refractivity contribution in [3.63, 3.8) is 0 Å². The maximum atomic E-state index is 12.1. The van der Waals surface area contributed by atoms with Gasteiger partial charge in [-0.05, 0) is 24.6 Å². The number of halogens is 1. The van der Waals surface area contributed by atoms with Crippen molar-refractivity contribution in [2.45, 2.75) is 18.4 Å². The maximum absolute atomic E-state index is 12.1. The maximum Gasteiger partial charge on any atom is 0.241 e. The van der Waals surface area contributed by atoms with E-state index in [1.54, 1.807) is 6.92 Å². The van der Waals surface area contributed by atoms with E-state index >= 15 is 0 Å². The number of hydrogen-bond donors (Lipinski definition) is 3. The Balaban J connectivity index is 2.27. The zero-order valence-electron chi connectivity index (χ0n) is 10.0. The number of sulfonamides is 1. The van der Waals surface area contributed by atoms with Crippen molar-refractivity contribution in [2.75, 3.05) is 5.73 Å². The van der Waals surface area contributed by atoms with Crippen LogP contribution in [0.4, 0.5) is 5.69 Å². The summed E-state index contributed by atoms with van der Waals surface area (Å²) >= 11 is 5.83. The van der Waals surface area contributed by atoms with Gasteiger partial charge in [0, 0.05) is 0 Å². The summed E-state index contributed by atoms with van der Waals surface area (Å²) in [5.74, 6) is 0.420. The summed E-state index contributed by atoms with van der Waals surface area (Å²) in [5, 5.41) is 6.52. The first-order valence-corrected chi connectivity index (χ1v) is 7.16. The first-order chi connectivity index (χ1) is 8.90. The highest BCUT2D eigenvalue weighted by molar-refractivity contribution is 7.89. The van der Waals surface area contributed by atoms with Crippen LogP contribution in [0.1, 0.15) is 11.4 Å². The van der Waals surface area contributed by atoms with Crippen LogP contribution in [0.2, 0.25) is 5.02 Å². The predicted molar refractivity (Wildman–Crippen MR) is 71.0 cm³/mol. The van der Waals surface area contributed by atoms with Crippen LogP contribution >= 0.6 is 11.6 Å². The van der Waals surface area contributed by atoms with Crippen LogP contribution in [0, 0.1) is 6.92 Å². The summed E-state index contributed by atoms with van der Waals surface area (Å²) < 4.78 is 26.7. The van der Waals surface area contributed by atoms with Gasteiger partial charge in [0.05, 0.1) is 22.2 Å². The van der Waals surface area contributed by atoms with Gasteiger partial charge in [0.1, 0.15) is 12.2 Å². The molecule has 0 aliphatic carbocycles. The Morgan fingerprint density at radius 1 is 1.47 bits per heavy atom. The van der Waals surface area contributed by atoms with E-state index in [2.05, 4.69) is 19.9 Å². The van der Waals surface area contributed by atoms with E-state index in [0.717, 1.165) is 0 Å². The molecule has 2 aromatic rings. The number of nitrogens with zero attached hydrogens (tertiary/aromatic N) is 2. The lowest BCUT2D eigenvalue weighted by molar-refractivity contribution is 0.579. The van der Waals surface area contributed by atoms with Crippen molar-refractivity contribution in [2.24, 2.45) is 0 Å². The number of anilines is 1. The molecule has 1 aromatic heterocycles. The molecule has 2 rings (SSSR count). The number of aromatic nitrogens is 3. The predicted octanol–water partition coefficient (Wildman–Crippen LogP) is 0.827. The second-order valence-electron chi connectivity index (χ2n) is 3.90. The second kappa shape index (κ2) is 5.16. The number of nitrogen functional groups attached to an aromatic ring is 1. The van der Waals surface area contributed by atoms with Crippen LogP contribution in [-0.4, -0.2) is 23.6 Å². The van der Waals surface area contributed by atoms with Crippen LogP contribution in [0.15, 0.2) is 23.4 Å². The van der Waals surface area contributed by atoms with Crippen LogP contribution in [0.5, 0.6) is 0 Å². The van der Waals surface area contributed by atoms with Gasteiger partial charge in [0.25, 0.3) is 0 Å². The highest BCUT2D eigenvalue weighted by atomic mass is 35.5. The Morgan fingerprint density at radius 2 is 2.21 bits per heavy atom. The smallest absolute Gasteiger partial charge is 0.241 e. The monoisotopic (exact) mass is 301 g/mol. The van der Waals surface area contributed by atoms with Crippen molar-refractivity contribution >= 4 is 27.3 Å². The van der Waals surface area contributed by atoms with Crippen LogP contribution in [-0.2, 0) is 16.6 Å². The van der Waals surface area contributed by atoms with Gasteiger partial charge in [-0.2, -0.15) is 5.10 Å². The van der Waals surface area contributed by atoms with Gasteiger partial charge in [-0.15, -0.1) is 0 Å². The topological polar surface area (TPSA) is 114 Å². The highest BCUT2D eigenvalue weighted by Crippen LogP contribution is 2.26. The molecule has 0 radical (unpaired) electrons. The van der Waals surface area contributed by atoms with E-state index in [-0.39, 0.29) is 17.1 Å². The Bertz CT molecular complexity index is 684. The Hall–Kier alpha value is -1.64. The van der Waals surface area contributed by atoms with Crippen LogP contribution in [0.3, 0.4) is 0 Å². The van der Waals surface area contributed by atoms with Gasteiger partial charge in [0.15, 0.2) is 0 Å². The first kappa shape index (κ1) is 13.8. The minimum atomic E-state index is -3.68. The summed E-state index contributed by atoms with van der Waals surface area (Å²) in [4.78, 5) is 3.92. The molecule has 0 unspecified atom stereocenters. The number of nitrogens with one attached hydrogen (secondary N) is 2. The number of rotatable bonds is 4. The van der Waals surface area contributed by atoms with Crippen molar-refractivity contribution in [3.05, 3.63) is 34.9 Å². The molecule has 4 N–H and O–H groups in total. The summed E-state index contributed by atoms with van der Waals surface area (Å²) in [6.07, 6.45) is 1.30. The lowest BCUT2D eigenvalue weighted by atomic mass is 10.2. The van der Waals surface area contributed by atoms with Crippen LogP contribution in [0.25, 0.3) is 0 Å².